The summed E-state index contributed by atoms with van der Waals surface area (Å²) in [6.07, 6.45) is 4.77. The van der Waals surface area contributed by atoms with E-state index in [-0.39, 0.29) is 5.78 Å². The zero-order valence-electron chi connectivity index (χ0n) is 18.5. The molecule has 3 nitrogen and oxygen atoms in total. The number of carbonyl (C=O) groups excluding carboxylic acids is 1. The van der Waals surface area contributed by atoms with E-state index in [0.717, 1.165) is 46.4 Å². The number of thioether (sulfide) groups is 1. The van der Waals surface area contributed by atoms with Gasteiger partial charge >= 0.3 is 0 Å². The third kappa shape index (κ3) is 7.60. The van der Waals surface area contributed by atoms with E-state index in [1.807, 2.05) is 29.6 Å². The van der Waals surface area contributed by atoms with Crippen LogP contribution in [0.1, 0.15) is 71.9 Å². The summed E-state index contributed by atoms with van der Waals surface area (Å²) in [6.45, 7) is 6.28. The molecule has 0 aliphatic heterocycles. The average molecular weight is 453 g/mol. The van der Waals surface area contributed by atoms with Gasteiger partial charge in [0.2, 0.25) is 5.78 Å². The fraction of sp³-hybridized carbons (Fsp3) is 0.385. The van der Waals surface area contributed by atoms with Crippen molar-refractivity contribution in [3.8, 4) is 0 Å². The van der Waals surface area contributed by atoms with E-state index in [1.54, 1.807) is 11.8 Å². The summed E-state index contributed by atoms with van der Waals surface area (Å²) in [6, 6.07) is 18.3. The number of nitrogens with one attached hydrogen (secondary N) is 1. The van der Waals surface area contributed by atoms with Crippen LogP contribution in [0.3, 0.4) is 0 Å². The third-order valence-electron chi connectivity index (χ3n) is 5.12. The Labute approximate surface area is 194 Å². The SMILES string of the molecule is CC(C)c1ccc(C(=O)c2cccs2)c(SCCCCCCNCc2ccccc2)n1. The number of carbonyl (C=O) groups is 1. The molecule has 3 rings (SSSR count). The maximum absolute atomic E-state index is 12.9. The highest BCUT2D eigenvalue weighted by Crippen LogP contribution is 2.28. The number of rotatable bonds is 13. The molecule has 0 saturated carbocycles. The zero-order chi connectivity index (χ0) is 21.9. The quantitative estimate of drug-likeness (QED) is 0.173. The van der Waals surface area contributed by atoms with Crippen LogP contribution in [-0.4, -0.2) is 23.1 Å². The van der Waals surface area contributed by atoms with Gasteiger partial charge in [0, 0.05) is 12.2 Å². The van der Waals surface area contributed by atoms with E-state index in [0.29, 0.717) is 5.92 Å². The average Bonchev–Trinajstić information content (AvgIpc) is 3.33. The molecule has 0 atom stereocenters. The first-order valence-corrected chi connectivity index (χ1v) is 13.0. The van der Waals surface area contributed by atoms with Crippen molar-refractivity contribution in [2.45, 2.75) is 57.0 Å². The van der Waals surface area contributed by atoms with Crippen LogP contribution in [0.4, 0.5) is 0 Å². The number of ketones is 1. The molecule has 0 saturated heterocycles. The summed E-state index contributed by atoms with van der Waals surface area (Å²) >= 11 is 3.22. The van der Waals surface area contributed by atoms with Crippen LogP contribution in [0.5, 0.6) is 0 Å². The molecule has 1 aromatic carbocycles. The molecule has 1 N–H and O–H groups in total. The number of hydrogen-bond acceptors (Lipinski definition) is 5. The highest BCUT2D eigenvalue weighted by atomic mass is 32.2. The van der Waals surface area contributed by atoms with Crippen molar-refractivity contribution in [1.82, 2.24) is 10.3 Å². The molecule has 0 bridgehead atoms. The maximum atomic E-state index is 12.9. The van der Waals surface area contributed by atoms with E-state index < -0.39 is 0 Å². The number of benzene rings is 1. The molecule has 0 spiro atoms. The predicted octanol–water partition coefficient (Wildman–Crippen LogP) is 6.94. The van der Waals surface area contributed by atoms with Gasteiger partial charge in [-0.25, -0.2) is 4.98 Å². The smallest absolute Gasteiger partial charge is 0.205 e. The number of pyridine rings is 1. The molecule has 0 aliphatic carbocycles. The number of hydrogen-bond donors (Lipinski definition) is 1. The van der Waals surface area contributed by atoms with Crippen molar-refractivity contribution in [2.75, 3.05) is 12.3 Å². The van der Waals surface area contributed by atoms with Crippen LogP contribution >= 0.6 is 23.1 Å². The Morgan fingerprint density at radius 2 is 1.81 bits per heavy atom. The summed E-state index contributed by atoms with van der Waals surface area (Å²) < 4.78 is 0. The molecule has 0 fully saturated rings. The minimum atomic E-state index is 0.0878. The van der Waals surface area contributed by atoms with Gasteiger partial charge in [-0.2, -0.15) is 0 Å². The van der Waals surface area contributed by atoms with E-state index >= 15 is 0 Å². The lowest BCUT2D eigenvalue weighted by Crippen LogP contribution is -2.14. The van der Waals surface area contributed by atoms with Crippen molar-refractivity contribution in [3.63, 3.8) is 0 Å². The van der Waals surface area contributed by atoms with Gasteiger partial charge in [-0.15, -0.1) is 23.1 Å². The van der Waals surface area contributed by atoms with Crippen LogP contribution in [-0.2, 0) is 6.54 Å². The van der Waals surface area contributed by atoms with Gasteiger partial charge in [-0.1, -0.05) is 63.1 Å². The van der Waals surface area contributed by atoms with Crippen molar-refractivity contribution in [2.24, 2.45) is 0 Å². The van der Waals surface area contributed by atoms with Gasteiger partial charge in [-0.05, 0) is 60.2 Å². The van der Waals surface area contributed by atoms with Crippen LogP contribution in [0.2, 0.25) is 0 Å². The molecule has 0 unspecified atom stereocenters. The molecular formula is C26H32N2OS2. The summed E-state index contributed by atoms with van der Waals surface area (Å²) in [4.78, 5) is 18.5. The standard InChI is InChI=1S/C26H32N2OS2/c1-20(2)23-15-14-22(25(29)24-13-10-18-30-24)26(28-23)31-17-9-4-3-8-16-27-19-21-11-6-5-7-12-21/h5-7,10-15,18,20,27H,3-4,8-9,16-17,19H2,1-2H3. The van der Waals surface area contributed by atoms with E-state index in [2.05, 4.69) is 49.5 Å². The van der Waals surface area contributed by atoms with Crippen LogP contribution in [0.25, 0.3) is 0 Å². The Balaban J connectivity index is 1.41. The normalized spacial score (nSPS) is 11.2. The van der Waals surface area contributed by atoms with Gasteiger partial charge in [-0.3, -0.25) is 4.79 Å². The largest absolute Gasteiger partial charge is 0.313 e. The van der Waals surface area contributed by atoms with E-state index in [1.165, 1.54) is 36.2 Å². The summed E-state index contributed by atoms with van der Waals surface area (Å²) in [5.74, 6) is 1.44. The Kier molecular flexibility index (Phi) is 9.79. The Hall–Kier alpha value is -1.95. The number of nitrogens with zero attached hydrogens (tertiary/aromatic N) is 1. The van der Waals surface area contributed by atoms with Gasteiger partial charge in [0.25, 0.3) is 0 Å². The fourth-order valence-corrected chi connectivity index (χ4v) is 5.01. The number of thiophene rings is 1. The molecule has 3 aromatic rings. The minimum Gasteiger partial charge on any atom is -0.313 e. The van der Waals surface area contributed by atoms with Crippen molar-refractivity contribution >= 4 is 28.9 Å². The monoisotopic (exact) mass is 452 g/mol. The zero-order valence-corrected chi connectivity index (χ0v) is 20.1. The van der Waals surface area contributed by atoms with Crippen LogP contribution in [0.15, 0.2) is 65.0 Å². The van der Waals surface area contributed by atoms with Crippen LogP contribution in [0, 0.1) is 0 Å². The second-order valence-corrected chi connectivity index (χ2v) is 10.0. The lowest BCUT2D eigenvalue weighted by atomic mass is 10.1. The lowest BCUT2D eigenvalue weighted by Gasteiger charge is -2.11. The summed E-state index contributed by atoms with van der Waals surface area (Å²) in [7, 11) is 0. The Morgan fingerprint density at radius 3 is 2.55 bits per heavy atom. The highest BCUT2D eigenvalue weighted by Gasteiger charge is 2.17. The number of aromatic nitrogens is 1. The molecule has 0 radical (unpaired) electrons. The van der Waals surface area contributed by atoms with E-state index in [9.17, 15) is 4.79 Å². The molecular weight excluding hydrogens is 420 g/mol. The van der Waals surface area contributed by atoms with Gasteiger partial charge in [0.15, 0.2) is 0 Å². The Bertz CT molecular complexity index is 924. The second kappa shape index (κ2) is 12.8. The first-order chi connectivity index (χ1) is 15.1. The molecule has 5 heteroatoms. The third-order valence-corrected chi connectivity index (χ3v) is 7.07. The van der Waals surface area contributed by atoms with Gasteiger partial charge in [0.1, 0.15) is 5.03 Å². The van der Waals surface area contributed by atoms with Crippen molar-refractivity contribution in [3.05, 3.63) is 81.7 Å². The highest BCUT2D eigenvalue weighted by molar-refractivity contribution is 7.99. The molecule has 164 valence electrons. The Morgan fingerprint density at radius 1 is 1.00 bits per heavy atom. The summed E-state index contributed by atoms with van der Waals surface area (Å²) in [5, 5.41) is 6.35. The lowest BCUT2D eigenvalue weighted by molar-refractivity contribution is 0.103. The predicted molar refractivity (Wildman–Crippen MR) is 133 cm³/mol. The summed E-state index contributed by atoms with van der Waals surface area (Å²) in [5.41, 5.74) is 3.12. The molecule has 0 amide bonds. The van der Waals surface area contributed by atoms with E-state index in [4.69, 9.17) is 4.98 Å². The number of unbranched alkanes of at least 4 members (excludes halogenated alkanes) is 3. The maximum Gasteiger partial charge on any atom is 0.205 e. The fourth-order valence-electron chi connectivity index (χ4n) is 3.30. The molecule has 2 aromatic heterocycles. The first-order valence-electron chi connectivity index (χ1n) is 11.1. The van der Waals surface area contributed by atoms with Gasteiger partial charge in [0.05, 0.1) is 10.4 Å². The molecule has 2 heterocycles. The van der Waals surface area contributed by atoms with Crippen molar-refractivity contribution in [1.29, 1.82) is 0 Å². The van der Waals surface area contributed by atoms with Crippen molar-refractivity contribution < 1.29 is 4.79 Å². The second-order valence-electron chi connectivity index (χ2n) is 7.98. The topological polar surface area (TPSA) is 42.0 Å². The first kappa shape index (κ1) is 23.7. The molecule has 31 heavy (non-hydrogen) atoms. The van der Waals surface area contributed by atoms with Gasteiger partial charge < -0.3 is 5.32 Å². The molecule has 0 aliphatic rings. The minimum absolute atomic E-state index is 0.0878. The van der Waals surface area contributed by atoms with Crippen LogP contribution < -0.4 is 5.32 Å².